The molecule has 348 valence electrons. The number of anilines is 2. The van der Waals surface area contributed by atoms with Crippen LogP contribution in [0, 0.1) is 0 Å². The maximum absolute atomic E-state index is 10.8. The summed E-state index contributed by atoms with van der Waals surface area (Å²) >= 11 is 9.17. The van der Waals surface area contributed by atoms with E-state index in [-0.39, 0.29) is 46.5 Å². The molecule has 5 rings (SSSR count). The number of carbonyl (C=O) groups excluding carboxylic acids is 2. The number of aliphatic hydroxyl groups is 2. The van der Waals surface area contributed by atoms with E-state index in [9.17, 15) is 9.59 Å². The minimum absolute atomic E-state index is 0.100. The first-order valence-electron chi connectivity index (χ1n) is 20.5. The van der Waals surface area contributed by atoms with Gasteiger partial charge in [-0.05, 0) is 85.5 Å². The van der Waals surface area contributed by atoms with E-state index >= 15 is 0 Å². The Morgan fingerprint density at radius 2 is 0.823 bits per heavy atom. The van der Waals surface area contributed by atoms with Gasteiger partial charge in [-0.25, -0.2) is 0 Å². The molecule has 2 aliphatic carbocycles. The van der Waals surface area contributed by atoms with E-state index in [1.807, 2.05) is 24.3 Å². The number of nitrogens with zero attached hydrogens (tertiary/aromatic N) is 2. The summed E-state index contributed by atoms with van der Waals surface area (Å²) in [6.45, 7) is 7.85. The highest BCUT2D eigenvalue weighted by Crippen LogP contribution is 2.25. The summed E-state index contributed by atoms with van der Waals surface area (Å²) in [5.74, 6) is -0.201. The Bertz CT molecular complexity index is 1430. The van der Waals surface area contributed by atoms with Crippen molar-refractivity contribution >= 4 is 70.3 Å². The summed E-state index contributed by atoms with van der Waals surface area (Å²) in [6, 6.07) is 14.4. The molecular formula is C42H68N8O10S2. The molecule has 10 N–H and O–H groups in total. The molecule has 1 saturated heterocycles. The Hall–Kier alpha value is -4.22. The van der Waals surface area contributed by atoms with Crippen LogP contribution in [0.4, 0.5) is 11.4 Å². The predicted molar refractivity (Wildman–Crippen MR) is 250 cm³/mol. The van der Waals surface area contributed by atoms with Gasteiger partial charge >= 0.3 is 0 Å². The number of rotatable bonds is 6. The van der Waals surface area contributed by atoms with Crippen LogP contribution in [0.1, 0.15) is 76.3 Å². The number of hydrogen-bond acceptors (Lipinski definition) is 14. The van der Waals surface area contributed by atoms with Crippen molar-refractivity contribution < 1.29 is 48.2 Å². The van der Waals surface area contributed by atoms with Gasteiger partial charge in [-0.2, -0.15) is 10.2 Å². The first kappa shape index (κ1) is 55.8. The third-order valence-electron chi connectivity index (χ3n) is 8.76. The summed E-state index contributed by atoms with van der Waals surface area (Å²) in [7, 11) is 2.00. The van der Waals surface area contributed by atoms with Crippen molar-refractivity contribution in [2.45, 2.75) is 89.6 Å². The number of aliphatic hydroxyl groups excluding tert-OH is 2. The van der Waals surface area contributed by atoms with Gasteiger partial charge < -0.3 is 60.7 Å². The van der Waals surface area contributed by atoms with Gasteiger partial charge in [0.05, 0.1) is 89.7 Å². The summed E-state index contributed by atoms with van der Waals surface area (Å²) in [6.07, 6.45) is 13.1. The first-order valence-corrected chi connectivity index (χ1v) is 21.3. The normalized spacial score (nSPS) is 20.9. The maximum atomic E-state index is 10.8. The van der Waals surface area contributed by atoms with Crippen molar-refractivity contribution in [2.24, 2.45) is 21.7 Å². The molecule has 0 aromatic heterocycles. The fourth-order valence-electron chi connectivity index (χ4n) is 6.18. The summed E-state index contributed by atoms with van der Waals surface area (Å²) in [5, 5.41) is 27.2. The second-order valence-corrected chi connectivity index (χ2v) is 14.4. The molecule has 0 bridgehead atoms. The quantitative estimate of drug-likeness (QED) is 0.117. The van der Waals surface area contributed by atoms with Crippen molar-refractivity contribution in [1.82, 2.24) is 10.9 Å². The third-order valence-corrected chi connectivity index (χ3v) is 8.94. The minimum Gasteiger partial charge on any atom is -0.400 e. The topological polar surface area (TPSA) is 255 Å². The van der Waals surface area contributed by atoms with E-state index in [1.54, 1.807) is 36.7 Å². The molecule has 3 fully saturated rings. The van der Waals surface area contributed by atoms with Crippen LogP contribution in [-0.2, 0) is 38.0 Å². The van der Waals surface area contributed by atoms with Crippen molar-refractivity contribution in [3.8, 4) is 0 Å². The Morgan fingerprint density at radius 3 is 1.06 bits per heavy atom. The van der Waals surface area contributed by atoms with E-state index in [2.05, 4.69) is 56.1 Å². The molecule has 2 aromatic carbocycles. The van der Waals surface area contributed by atoms with Gasteiger partial charge in [0.2, 0.25) is 11.8 Å². The molecule has 0 unspecified atom stereocenters. The molecule has 2 amide bonds. The summed E-state index contributed by atoms with van der Waals surface area (Å²) < 4.78 is 35.5. The van der Waals surface area contributed by atoms with Crippen LogP contribution in [-0.4, -0.2) is 136 Å². The molecule has 4 atom stereocenters. The zero-order valence-corrected chi connectivity index (χ0v) is 38.1. The van der Waals surface area contributed by atoms with Gasteiger partial charge in [-0.1, -0.05) is 49.9 Å². The largest absolute Gasteiger partial charge is 0.400 e. The SMILES string of the molecule is C1CC[C@H]2OCCOCCO[C@@H]3CCCC[C@@H]3OCCOCCO[C@H]2C1.CC(=O)Nc1ccc(/C=N/NC(N)=S)cc1.CC(=O)Nc1ccc(/C=N/NC(N)=S)cc1.CO.CO. The monoisotopic (exact) mass is 908 g/mol. The second kappa shape index (κ2) is 36.3. The van der Waals surface area contributed by atoms with E-state index in [0.29, 0.717) is 52.9 Å². The molecule has 20 heteroatoms. The Balaban J connectivity index is 0.000000467. The lowest BCUT2D eigenvalue weighted by molar-refractivity contribution is -0.129. The highest BCUT2D eigenvalue weighted by molar-refractivity contribution is 7.80. The molecular weight excluding hydrogens is 841 g/mol. The van der Waals surface area contributed by atoms with Gasteiger partial charge in [0.15, 0.2) is 10.2 Å². The lowest BCUT2D eigenvalue weighted by Gasteiger charge is -2.32. The smallest absolute Gasteiger partial charge is 0.221 e. The summed E-state index contributed by atoms with van der Waals surface area (Å²) in [5.41, 5.74) is 18.5. The molecule has 1 heterocycles. The lowest BCUT2D eigenvalue weighted by Crippen LogP contribution is -2.37. The van der Waals surface area contributed by atoms with Crippen LogP contribution < -0.4 is 33.0 Å². The van der Waals surface area contributed by atoms with Gasteiger partial charge in [0, 0.05) is 39.4 Å². The number of thiocarbonyl (C=S) groups is 2. The Labute approximate surface area is 376 Å². The molecule has 0 radical (unpaired) electrons. The Morgan fingerprint density at radius 1 is 0.548 bits per heavy atom. The van der Waals surface area contributed by atoms with E-state index < -0.39 is 0 Å². The highest BCUT2D eigenvalue weighted by atomic mass is 32.1. The number of nitrogens with two attached hydrogens (primary N) is 2. The van der Waals surface area contributed by atoms with E-state index in [4.69, 9.17) is 50.1 Å². The van der Waals surface area contributed by atoms with Crippen molar-refractivity contribution in [2.75, 3.05) is 77.7 Å². The number of ether oxygens (including phenoxy) is 6. The second-order valence-electron chi connectivity index (χ2n) is 13.5. The van der Waals surface area contributed by atoms with Crippen molar-refractivity contribution in [1.29, 1.82) is 0 Å². The van der Waals surface area contributed by atoms with E-state index in [0.717, 1.165) is 62.4 Å². The average Bonchev–Trinajstić information content (AvgIpc) is 3.26. The molecule has 62 heavy (non-hydrogen) atoms. The number of hydrogen-bond donors (Lipinski definition) is 8. The molecule has 2 aromatic rings. The van der Waals surface area contributed by atoms with Crippen LogP contribution in [0.5, 0.6) is 0 Å². The molecule has 1 aliphatic heterocycles. The maximum Gasteiger partial charge on any atom is 0.221 e. The van der Waals surface area contributed by atoms with Gasteiger partial charge in [0.1, 0.15) is 0 Å². The number of carbonyl (C=O) groups is 2. The lowest BCUT2D eigenvalue weighted by atomic mass is 9.94. The van der Waals surface area contributed by atoms with Crippen molar-refractivity contribution in [3.05, 3.63) is 59.7 Å². The number of amides is 2. The number of fused-ring (bicyclic) bond motifs is 2. The fourth-order valence-corrected chi connectivity index (χ4v) is 6.28. The third kappa shape index (κ3) is 27.7. The summed E-state index contributed by atoms with van der Waals surface area (Å²) in [4.78, 5) is 21.5. The van der Waals surface area contributed by atoms with E-state index in [1.165, 1.54) is 39.5 Å². The molecule has 3 aliphatic rings. The van der Waals surface area contributed by atoms with Crippen LogP contribution in [0.3, 0.4) is 0 Å². The number of hydrazone groups is 2. The zero-order chi connectivity index (χ0) is 45.8. The standard InChI is InChI=1S/C20H36O6.2C10H12N4OS.2CH4O/c1-2-6-18-17(5-1)23-13-9-21-11-15-25-19-7-3-4-8-20(19)26-16-12-22-10-14-24-18;2*1-7(15)13-9-4-2-8(3-5-9)6-12-14-10(11)16;2*1-2/h17-20H,1-16H2;2*2-6H,1H3,(H,13,15)(H3,11,14,16);2*2H,1H3/b;2*12-6+;;/t17-,18+,19-,20+;;;;. The number of benzene rings is 2. The van der Waals surface area contributed by atoms with Gasteiger partial charge in [-0.3, -0.25) is 20.4 Å². The highest BCUT2D eigenvalue weighted by Gasteiger charge is 2.28. The predicted octanol–water partition coefficient (Wildman–Crippen LogP) is 3.56. The van der Waals surface area contributed by atoms with Gasteiger partial charge in [0.25, 0.3) is 0 Å². The molecule has 2 saturated carbocycles. The fraction of sp³-hybridized carbons (Fsp3) is 0.571. The van der Waals surface area contributed by atoms with Crippen molar-refractivity contribution in [3.63, 3.8) is 0 Å². The van der Waals surface area contributed by atoms with Gasteiger partial charge in [-0.15, -0.1) is 0 Å². The Kier molecular flexibility index (Phi) is 32.7. The van der Waals surface area contributed by atoms with Crippen LogP contribution in [0.15, 0.2) is 58.7 Å². The molecule has 18 nitrogen and oxygen atoms in total. The van der Waals surface area contributed by atoms with Crippen LogP contribution in [0.25, 0.3) is 0 Å². The first-order chi connectivity index (χ1) is 30.1. The average molecular weight is 909 g/mol. The number of nitrogens with one attached hydrogen (secondary N) is 4. The zero-order valence-electron chi connectivity index (χ0n) is 36.4. The minimum atomic E-state index is -0.100. The van der Waals surface area contributed by atoms with Crippen LogP contribution >= 0.6 is 24.4 Å². The van der Waals surface area contributed by atoms with Crippen LogP contribution in [0.2, 0.25) is 0 Å². The molecule has 0 spiro atoms.